The largest absolute Gasteiger partial charge is 0.440 e. The summed E-state index contributed by atoms with van der Waals surface area (Å²) < 4.78 is 6.04. The molecule has 1 aliphatic heterocycles. The quantitative estimate of drug-likeness (QED) is 0.274. The standard InChI is InChI=1S/C30H39Cl2N3O5/c1-18(2)14-25(28(38)34-24(17-36)15-20-12-13-33-27(20)37)35-29(39)40-26(19-8-10-22(31)11-9-19)30(3,4)21-6-5-7-23(32)16-21/h6,8-11,16-18,20,24-26H,5,7,12-15H2,1-4H3,(H,33,37)(H,34,38)(H,35,39)/t20-,24-,25-,26?/m0/s1. The number of alkyl carbamates (subject to hydrolysis) is 1. The van der Waals surface area contributed by atoms with Gasteiger partial charge in [0.25, 0.3) is 0 Å². The van der Waals surface area contributed by atoms with E-state index in [4.69, 9.17) is 27.9 Å². The number of halogens is 2. The minimum Gasteiger partial charge on any atom is -0.440 e. The van der Waals surface area contributed by atoms with E-state index in [1.807, 2.05) is 45.9 Å². The first-order valence-electron chi connectivity index (χ1n) is 13.7. The molecule has 218 valence electrons. The molecule has 10 heteroatoms. The van der Waals surface area contributed by atoms with Crippen molar-refractivity contribution in [1.29, 1.82) is 0 Å². The number of rotatable bonds is 12. The fraction of sp³-hybridized carbons (Fsp3) is 0.533. The molecule has 0 bridgehead atoms. The van der Waals surface area contributed by atoms with Crippen LogP contribution in [0.25, 0.3) is 0 Å². The molecule has 0 spiro atoms. The van der Waals surface area contributed by atoms with Crippen LogP contribution < -0.4 is 16.0 Å². The van der Waals surface area contributed by atoms with Crippen molar-refractivity contribution in [2.75, 3.05) is 6.54 Å². The van der Waals surface area contributed by atoms with Crippen molar-refractivity contribution in [2.24, 2.45) is 17.3 Å². The first kappa shape index (κ1) is 31.7. The second-order valence-electron chi connectivity index (χ2n) is 11.4. The van der Waals surface area contributed by atoms with Gasteiger partial charge in [0.05, 0.1) is 6.04 Å². The number of hydrogen-bond donors (Lipinski definition) is 3. The Kier molecular flexibility index (Phi) is 11.2. The molecule has 0 radical (unpaired) electrons. The smallest absolute Gasteiger partial charge is 0.408 e. The van der Waals surface area contributed by atoms with Crippen molar-refractivity contribution in [1.82, 2.24) is 16.0 Å². The summed E-state index contributed by atoms with van der Waals surface area (Å²) in [6.07, 6.45) is 5.83. The van der Waals surface area contributed by atoms with Gasteiger partial charge in [-0.05, 0) is 67.4 Å². The Bertz CT molecular complexity index is 1150. The number of carbonyl (C=O) groups excluding carboxylic acids is 4. The van der Waals surface area contributed by atoms with Crippen LogP contribution in [0.2, 0.25) is 5.02 Å². The van der Waals surface area contributed by atoms with E-state index in [0.717, 1.165) is 29.0 Å². The molecule has 3 amide bonds. The summed E-state index contributed by atoms with van der Waals surface area (Å²) in [5.74, 6) is -0.903. The fourth-order valence-corrected chi connectivity index (χ4v) is 5.48. The highest BCUT2D eigenvalue weighted by Crippen LogP contribution is 2.45. The van der Waals surface area contributed by atoms with Crippen molar-refractivity contribution >= 4 is 47.4 Å². The van der Waals surface area contributed by atoms with Crippen molar-refractivity contribution in [2.45, 2.75) is 78.0 Å². The predicted octanol–water partition coefficient (Wildman–Crippen LogP) is 5.60. The van der Waals surface area contributed by atoms with Crippen LogP contribution in [0.5, 0.6) is 0 Å². The van der Waals surface area contributed by atoms with E-state index < -0.39 is 35.6 Å². The molecule has 1 unspecified atom stereocenters. The third-order valence-electron chi connectivity index (χ3n) is 7.37. The molecule has 0 aromatic heterocycles. The lowest BCUT2D eigenvalue weighted by Crippen LogP contribution is -2.51. The second kappa shape index (κ2) is 14.2. The van der Waals surface area contributed by atoms with E-state index in [1.165, 1.54) is 0 Å². The average Bonchev–Trinajstić information content (AvgIpc) is 3.30. The third-order valence-corrected chi connectivity index (χ3v) is 7.92. The Balaban J connectivity index is 1.78. The predicted molar refractivity (Wildman–Crippen MR) is 156 cm³/mol. The van der Waals surface area contributed by atoms with Gasteiger partial charge in [0.15, 0.2) is 0 Å². The maximum Gasteiger partial charge on any atom is 0.408 e. The van der Waals surface area contributed by atoms with Gasteiger partial charge in [-0.25, -0.2) is 4.79 Å². The highest BCUT2D eigenvalue weighted by molar-refractivity contribution is 6.30. The Hall–Kier alpha value is -2.84. The SMILES string of the molecule is CC(C)C[C@H](NC(=O)OC(c1ccc(Cl)cc1)C(C)(C)C1=CCCC(Cl)=C1)C(=O)N[C@H](C=O)C[C@@H]1CCNC1=O. The fourth-order valence-electron chi connectivity index (χ4n) is 5.13. The lowest BCUT2D eigenvalue weighted by Gasteiger charge is -2.37. The molecule has 0 saturated carbocycles. The molecule has 3 rings (SSSR count). The summed E-state index contributed by atoms with van der Waals surface area (Å²) in [6, 6.07) is 5.30. The summed E-state index contributed by atoms with van der Waals surface area (Å²) >= 11 is 12.5. The lowest BCUT2D eigenvalue weighted by atomic mass is 9.74. The summed E-state index contributed by atoms with van der Waals surface area (Å²) in [6.45, 7) is 8.36. The summed E-state index contributed by atoms with van der Waals surface area (Å²) in [4.78, 5) is 50.2. The van der Waals surface area contributed by atoms with E-state index in [2.05, 4.69) is 22.0 Å². The maximum atomic E-state index is 13.3. The van der Waals surface area contributed by atoms with Gasteiger partial charge in [0, 0.05) is 27.9 Å². The van der Waals surface area contributed by atoms with E-state index in [1.54, 1.807) is 12.1 Å². The molecule has 2 aliphatic rings. The third kappa shape index (κ3) is 8.58. The molecule has 1 saturated heterocycles. The van der Waals surface area contributed by atoms with Gasteiger partial charge in [0.1, 0.15) is 18.4 Å². The van der Waals surface area contributed by atoms with Crippen molar-refractivity contribution in [3.8, 4) is 0 Å². The second-order valence-corrected chi connectivity index (χ2v) is 12.4. The molecule has 40 heavy (non-hydrogen) atoms. The number of allylic oxidation sites excluding steroid dienone is 3. The van der Waals surface area contributed by atoms with E-state index in [0.29, 0.717) is 30.7 Å². The van der Waals surface area contributed by atoms with Crippen LogP contribution in [0.4, 0.5) is 4.79 Å². The Morgan fingerprint density at radius 3 is 2.45 bits per heavy atom. The van der Waals surface area contributed by atoms with Crippen molar-refractivity contribution in [3.05, 3.63) is 57.6 Å². The van der Waals surface area contributed by atoms with Gasteiger partial charge < -0.3 is 25.5 Å². The number of aldehydes is 1. The molecule has 1 aromatic rings. The molecule has 1 fully saturated rings. The van der Waals surface area contributed by atoms with Crippen LogP contribution in [0, 0.1) is 17.3 Å². The highest BCUT2D eigenvalue weighted by Gasteiger charge is 2.38. The number of nitrogens with one attached hydrogen (secondary N) is 3. The van der Waals surface area contributed by atoms with Gasteiger partial charge in [-0.15, -0.1) is 0 Å². The number of benzene rings is 1. The number of carbonyl (C=O) groups is 4. The van der Waals surface area contributed by atoms with Crippen LogP contribution in [0.1, 0.15) is 71.5 Å². The first-order chi connectivity index (χ1) is 18.9. The van der Waals surface area contributed by atoms with Crippen molar-refractivity contribution < 1.29 is 23.9 Å². The molecule has 3 N–H and O–H groups in total. The Morgan fingerprint density at radius 2 is 1.88 bits per heavy atom. The molecule has 8 nitrogen and oxygen atoms in total. The van der Waals surface area contributed by atoms with Gasteiger partial charge in [-0.2, -0.15) is 0 Å². The Labute approximate surface area is 246 Å². The molecular weight excluding hydrogens is 553 g/mol. The molecular formula is C30H39Cl2N3O5. The minimum absolute atomic E-state index is 0.0644. The van der Waals surface area contributed by atoms with Gasteiger partial charge in [-0.1, -0.05) is 69.1 Å². The van der Waals surface area contributed by atoms with Crippen LogP contribution in [0.3, 0.4) is 0 Å². The Morgan fingerprint density at radius 1 is 1.18 bits per heavy atom. The minimum atomic E-state index is -0.940. The summed E-state index contributed by atoms with van der Waals surface area (Å²) in [5, 5.41) is 9.44. The zero-order valence-electron chi connectivity index (χ0n) is 23.5. The van der Waals surface area contributed by atoms with Gasteiger partial charge in [0.2, 0.25) is 11.8 Å². The van der Waals surface area contributed by atoms with Gasteiger partial charge >= 0.3 is 6.09 Å². The van der Waals surface area contributed by atoms with Crippen LogP contribution in [-0.4, -0.2) is 42.8 Å². The summed E-state index contributed by atoms with van der Waals surface area (Å²) in [7, 11) is 0. The zero-order valence-corrected chi connectivity index (χ0v) is 25.0. The lowest BCUT2D eigenvalue weighted by molar-refractivity contribution is -0.127. The van der Waals surface area contributed by atoms with Crippen LogP contribution in [0.15, 0.2) is 47.0 Å². The average molecular weight is 593 g/mol. The normalized spacial score (nSPS) is 19.6. The number of amides is 3. The van der Waals surface area contributed by atoms with Crippen LogP contribution in [-0.2, 0) is 19.1 Å². The molecule has 1 aliphatic carbocycles. The van der Waals surface area contributed by atoms with E-state index in [-0.39, 0.29) is 24.2 Å². The summed E-state index contributed by atoms with van der Waals surface area (Å²) in [5.41, 5.74) is 1.02. The first-order valence-corrected chi connectivity index (χ1v) is 14.5. The number of hydrogen-bond acceptors (Lipinski definition) is 5. The molecule has 4 atom stereocenters. The highest BCUT2D eigenvalue weighted by atomic mass is 35.5. The van der Waals surface area contributed by atoms with Crippen LogP contribution >= 0.6 is 23.2 Å². The molecule has 1 aromatic carbocycles. The van der Waals surface area contributed by atoms with E-state index in [9.17, 15) is 19.2 Å². The monoisotopic (exact) mass is 591 g/mol. The number of ether oxygens (including phenoxy) is 1. The topological polar surface area (TPSA) is 114 Å². The van der Waals surface area contributed by atoms with Gasteiger partial charge in [-0.3, -0.25) is 9.59 Å². The van der Waals surface area contributed by atoms with Crippen molar-refractivity contribution in [3.63, 3.8) is 0 Å². The molecule has 1 heterocycles. The van der Waals surface area contributed by atoms with E-state index >= 15 is 0 Å². The maximum absolute atomic E-state index is 13.3. The zero-order chi connectivity index (χ0) is 29.4.